The molecule has 0 saturated carbocycles. The van der Waals surface area contributed by atoms with Crippen molar-refractivity contribution in [2.45, 2.75) is 6.92 Å². The molecule has 0 bridgehead atoms. The summed E-state index contributed by atoms with van der Waals surface area (Å²) < 4.78 is 5.74. The average molecular weight is 234 g/mol. The molecule has 0 atom stereocenters. The van der Waals surface area contributed by atoms with Crippen LogP contribution in [0.2, 0.25) is 0 Å². The lowest BCUT2D eigenvalue weighted by Crippen LogP contribution is -2.10. The first-order chi connectivity index (χ1) is 7.66. The second-order valence-corrected chi connectivity index (χ2v) is 4.44. The zero-order valence-electron chi connectivity index (χ0n) is 8.73. The fraction of sp³-hybridized carbons (Fsp3) is 0.167. The molecule has 82 valence electrons. The van der Waals surface area contributed by atoms with Crippen molar-refractivity contribution in [2.24, 2.45) is 0 Å². The lowest BCUT2D eigenvalue weighted by molar-refractivity contribution is -0.139. The van der Waals surface area contributed by atoms with Crippen LogP contribution in [0, 0.1) is 0 Å². The molecule has 2 rings (SSSR count). The van der Waals surface area contributed by atoms with E-state index in [9.17, 15) is 9.59 Å². The summed E-state index contributed by atoms with van der Waals surface area (Å²) in [6.07, 6.45) is 0. The zero-order chi connectivity index (χ0) is 11.5. The molecule has 2 aromatic rings. The number of hydrogen-bond acceptors (Lipinski definition) is 4. The highest BCUT2D eigenvalue weighted by Gasteiger charge is 2.11. The second kappa shape index (κ2) is 4.45. The smallest absolute Gasteiger partial charge is 0.303 e. The molecular formula is C12H10O3S. The Hall–Kier alpha value is -1.68. The molecular weight excluding hydrogens is 224 g/mol. The predicted octanol–water partition coefficient (Wildman–Crippen LogP) is 2.65. The lowest BCUT2D eigenvalue weighted by Gasteiger charge is -1.97. The number of carbonyl (C=O) groups is 2. The molecule has 0 N–H and O–H groups in total. The van der Waals surface area contributed by atoms with Gasteiger partial charge in [-0.05, 0) is 17.5 Å². The molecule has 0 aliphatic carbocycles. The molecule has 0 fully saturated rings. The molecule has 3 nitrogen and oxygen atoms in total. The van der Waals surface area contributed by atoms with E-state index in [-0.39, 0.29) is 12.4 Å². The van der Waals surface area contributed by atoms with Crippen molar-refractivity contribution < 1.29 is 14.3 Å². The highest BCUT2D eigenvalue weighted by atomic mass is 32.1. The number of fused-ring (bicyclic) bond motifs is 1. The summed E-state index contributed by atoms with van der Waals surface area (Å²) in [6, 6.07) is 9.59. The van der Waals surface area contributed by atoms with Crippen LogP contribution in [0.1, 0.15) is 16.6 Å². The minimum Gasteiger partial charge on any atom is -0.457 e. The van der Waals surface area contributed by atoms with Gasteiger partial charge < -0.3 is 4.74 Å². The summed E-state index contributed by atoms with van der Waals surface area (Å²) >= 11 is 1.42. The van der Waals surface area contributed by atoms with Crippen molar-refractivity contribution in [1.82, 2.24) is 0 Å². The number of ether oxygens (including phenoxy) is 1. The van der Waals surface area contributed by atoms with E-state index in [4.69, 9.17) is 0 Å². The van der Waals surface area contributed by atoms with E-state index in [1.54, 1.807) is 0 Å². The van der Waals surface area contributed by atoms with Crippen LogP contribution in [-0.2, 0) is 9.53 Å². The van der Waals surface area contributed by atoms with Gasteiger partial charge in [0.15, 0.2) is 6.61 Å². The Kier molecular flexibility index (Phi) is 3.01. The molecule has 1 heterocycles. The molecule has 0 spiro atoms. The summed E-state index contributed by atoms with van der Waals surface area (Å²) in [7, 11) is 0. The van der Waals surface area contributed by atoms with Gasteiger partial charge in [0, 0.05) is 11.6 Å². The van der Waals surface area contributed by atoms with Gasteiger partial charge in [-0.3, -0.25) is 9.59 Å². The standard InChI is InChI=1S/C12H10O3S/c1-8(13)15-7-10(14)12-6-9-4-2-3-5-11(9)16-12/h2-6H,7H2,1H3. The van der Waals surface area contributed by atoms with Gasteiger partial charge >= 0.3 is 5.97 Å². The molecule has 16 heavy (non-hydrogen) atoms. The monoisotopic (exact) mass is 234 g/mol. The number of benzene rings is 1. The summed E-state index contributed by atoms with van der Waals surface area (Å²) in [5.74, 6) is -0.592. The van der Waals surface area contributed by atoms with Crippen LogP contribution in [0.15, 0.2) is 30.3 Å². The van der Waals surface area contributed by atoms with E-state index >= 15 is 0 Å². The molecule has 4 heteroatoms. The number of esters is 1. The van der Waals surface area contributed by atoms with Gasteiger partial charge in [-0.2, -0.15) is 0 Å². The molecule has 0 unspecified atom stereocenters. The number of thiophene rings is 1. The van der Waals surface area contributed by atoms with Gasteiger partial charge in [0.25, 0.3) is 0 Å². The maximum absolute atomic E-state index is 11.7. The maximum atomic E-state index is 11.7. The number of ketones is 1. The van der Waals surface area contributed by atoms with Crippen molar-refractivity contribution >= 4 is 33.2 Å². The summed E-state index contributed by atoms with van der Waals surface area (Å²) in [5, 5.41) is 1.04. The minimum absolute atomic E-state index is 0.156. The number of rotatable bonds is 3. The van der Waals surface area contributed by atoms with E-state index in [1.807, 2.05) is 30.3 Å². The Morgan fingerprint density at radius 2 is 2.06 bits per heavy atom. The van der Waals surface area contributed by atoms with Gasteiger partial charge in [0.1, 0.15) is 0 Å². The molecule has 0 saturated heterocycles. The largest absolute Gasteiger partial charge is 0.457 e. The fourth-order valence-electron chi connectivity index (χ4n) is 1.36. The molecule has 0 aliphatic rings. The van der Waals surface area contributed by atoms with Gasteiger partial charge in [-0.25, -0.2) is 0 Å². The first kappa shape index (κ1) is 10.8. The third-order valence-electron chi connectivity index (χ3n) is 2.11. The van der Waals surface area contributed by atoms with Crippen LogP contribution >= 0.6 is 11.3 Å². The topological polar surface area (TPSA) is 43.4 Å². The highest BCUT2D eigenvalue weighted by Crippen LogP contribution is 2.25. The highest BCUT2D eigenvalue weighted by molar-refractivity contribution is 7.20. The van der Waals surface area contributed by atoms with Crippen LogP contribution in [0.4, 0.5) is 0 Å². The van der Waals surface area contributed by atoms with Crippen LogP contribution in [0.25, 0.3) is 10.1 Å². The number of carbonyl (C=O) groups excluding carboxylic acids is 2. The van der Waals surface area contributed by atoms with E-state index in [0.29, 0.717) is 4.88 Å². The van der Waals surface area contributed by atoms with Crippen molar-refractivity contribution in [3.63, 3.8) is 0 Å². The molecule has 1 aromatic heterocycles. The van der Waals surface area contributed by atoms with Crippen molar-refractivity contribution in [1.29, 1.82) is 0 Å². The molecule has 1 aromatic carbocycles. The Balaban J connectivity index is 2.20. The maximum Gasteiger partial charge on any atom is 0.303 e. The predicted molar refractivity (Wildman–Crippen MR) is 62.8 cm³/mol. The quantitative estimate of drug-likeness (QED) is 0.605. The van der Waals surface area contributed by atoms with Gasteiger partial charge in [0.05, 0.1) is 4.88 Å². The second-order valence-electron chi connectivity index (χ2n) is 3.35. The number of hydrogen-bond donors (Lipinski definition) is 0. The SMILES string of the molecule is CC(=O)OCC(=O)c1cc2ccccc2s1. The summed E-state index contributed by atoms with van der Waals surface area (Å²) in [4.78, 5) is 22.9. The average Bonchev–Trinajstić information content (AvgIpc) is 2.69. The van der Waals surface area contributed by atoms with Crippen LogP contribution in [0.3, 0.4) is 0 Å². The number of Topliss-reactive ketones (excluding diaryl/α,β-unsaturated/α-hetero) is 1. The van der Waals surface area contributed by atoms with Crippen molar-refractivity contribution in [3.05, 3.63) is 35.2 Å². The summed E-state index contributed by atoms with van der Waals surface area (Å²) in [6.45, 7) is 1.11. The van der Waals surface area contributed by atoms with Crippen molar-refractivity contribution in [3.8, 4) is 0 Å². The molecule has 0 aliphatic heterocycles. The van der Waals surface area contributed by atoms with E-state index < -0.39 is 5.97 Å². The fourth-order valence-corrected chi connectivity index (χ4v) is 2.34. The zero-order valence-corrected chi connectivity index (χ0v) is 9.54. The third kappa shape index (κ3) is 2.28. The first-order valence-electron chi connectivity index (χ1n) is 4.82. The van der Waals surface area contributed by atoms with E-state index in [0.717, 1.165) is 10.1 Å². The minimum atomic E-state index is -0.436. The normalized spacial score (nSPS) is 10.3. The van der Waals surface area contributed by atoms with E-state index in [1.165, 1.54) is 18.3 Å². The first-order valence-corrected chi connectivity index (χ1v) is 5.63. The van der Waals surface area contributed by atoms with E-state index in [2.05, 4.69) is 4.74 Å². The Morgan fingerprint density at radius 3 is 2.75 bits per heavy atom. The van der Waals surface area contributed by atoms with Crippen molar-refractivity contribution in [2.75, 3.05) is 6.61 Å². The molecule has 0 amide bonds. The molecule has 0 radical (unpaired) electrons. The van der Waals surface area contributed by atoms with Gasteiger partial charge in [0.2, 0.25) is 5.78 Å². The Labute approximate surface area is 96.6 Å². The Morgan fingerprint density at radius 1 is 1.31 bits per heavy atom. The van der Waals surface area contributed by atoms with Crippen LogP contribution in [0.5, 0.6) is 0 Å². The van der Waals surface area contributed by atoms with Gasteiger partial charge in [-0.1, -0.05) is 18.2 Å². The third-order valence-corrected chi connectivity index (χ3v) is 3.26. The van der Waals surface area contributed by atoms with Crippen LogP contribution in [-0.4, -0.2) is 18.4 Å². The lowest BCUT2D eigenvalue weighted by atomic mass is 10.2. The van der Waals surface area contributed by atoms with Crippen LogP contribution < -0.4 is 0 Å². The summed E-state index contributed by atoms with van der Waals surface area (Å²) in [5.41, 5.74) is 0. The Bertz CT molecular complexity index is 509. The van der Waals surface area contributed by atoms with Gasteiger partial charge in [-0.15, -0.1) is 11.3 Å².